The second-order valence-electron chi connectivity index (χ2n) is 11.6. The number of hydrogen-bond acceptors (Lipinski definition) is 9. The maximum atomic E-state index is 12.7. The molecule has 0 bridgehead atoms. The predicted molar refractivity (Wildman–Crippen MR) is 183 cm³/mol. The predicted octanol–water partition coefficient (Wildman–Crippen LogP) is 8.92. The van der Waals surface area contributed by atoms with Crippen LogP contribution in [0.3, 0.4) is 0 Å². The molecule has 0 saturated heterocycles. The van der Waals surface area contributed by atoms with Crippen LogP contribution in [0, 0.1) is 0 Å². The average molecular weight is 661 g/mol. The fourth-order valence-corrected chi connectivity index (χ4v) is 4.68. The number of esters is 4. The molecule has 3 rings (SSSR count). The minimum Gasteiger partial charge on any atom is -0.494 e. The second-order valence-corrected chi connectivity index (χ2v) is 11.6. The van der Waals surface area contributed by atoms with Crippen molar-refractivity contribution in [2.75, 3.05) is 13.2 Å². The van der Waals surface area contributed by atoms with E-state index in [0.29, 0.717) is 24.5 Å². The summed E-state index contributed by atoms with van der Waals surface area (Å²) in [5.74, 6) is -1.28. The van der Waals surface area contributed by atoms with Gasteiger partial charge in [0.25, 0.3) is 0 Å². The summed E-state index contributed by atoms with van der Waals surface area (Å²) < 4.78 is 27.0. The van der Waals surface area contributed by atoms with Crippen LogP contribution >= 0.6 is 0 Å². The van der Waals surface area contributed by atoms with E-state index in [-0.39, 0.29) is 22.6 Å². The molecule has 48 heavy (non-hydrogen) atoms. The molecule has 0 aliphatic carbocycles. The molecule has 0 unspecified atom stereocenters. The molecule has 0 aromatic heterocycles. The van der Waals surface area contributed by atoms with Crippen molar-refractivity contribution in [1.82, 2.24) is 0 Å². The van der Waals surface area contributed by atoms with Crippen LogP contribution in [0.1, 0.15) is 122 Å². The van der Waals surface area contributed by atoms with Gasteiger partial charge in [-0.25, -0.2) is 19.2 Å². The Bertz CT molecular complexity index is 1410. The van der Waals surface area contributed by atoms with Crippen molar-refractivity contribution in [3.63, 3.8) is 0 Å². The molecular weight excluding hydrogens is 612 g/mol. The number of carbonyl (C=O) groups excluding carboxylic acids is 4. The normalized spacial score (nSPS) is 11.3. The van der Waals surface area contributed by atoms with Crippen molar-refractivity contribution in [1.29, 1.82) is 0 Å². The summed E-state index contributed by atoms with van der Waals surface area (Å²) in [5, 5.41) is 0. The summed E-state index contributed by atoms with van der Waals surface area (Å²) in [4.78, 5) is 49.8. The van der Waals surface area contributed by atoms with E-state index < -0.39 is 30.0 Å². The van der Waals surface area contributed by atoms with Crippen LogP contribution < -0.4 is 14.2 Å². The Morgan fingerprint density at radius 3 is 1.40 bits per heavy atom. The zero-order valence-corrected chi connectivity index (χ0v) is 28.4. The van der Waals surface area contributed by atoms with Gasteiger partial charge in [0.2, 0.25) is 0 Å². The van der Waals surface area contributed by atoms with Gasteiger partial charge in [-0.1, -0.05) is 71.6 Å². The molecule has 0 saturated carbocycles. The van der Waals surface area contributed by atoms with Gasteiger partial charge in [0.1, 0.15) is 17.2 Å². The fraction of sp³-hybridized carbons (Fsp3) is 0.436. The number of unbranched alkanes of at least 4 members (excludes halogenated alkanes) is 9. The smallest absolute Gasteiger partial charge is 0.347 e. The van der Waals surface area contributed by atoms with Crippen molar-refractivity contribution >= 4 is 23.9 Å². The Morgan fingerprint density at radius 2 is 0.896 bits per heavy atom. The van der Waals surface area contributed by atoms with Gasteiger partial charge in [-0.15, -0.1) is 0 Å². The van der Waals surface area contributed by atoms with E-state index in [4.69, 9.17) is 23.7 Å². The Kier molecular flexibility index (Phi) is 16.7. The SMILES string of the molecule is CCCCCCCCCOc1ccc(C(=O)Oc2ccc(C(=O)Oc3ccc(C(=O)O[C@@H](C)C(=O)OCCCCCC)cc3)cc2)cc1. The van der Waals surface area contributed by atoms with Crippen LogP contribution in [0.15, 0.2) is 72.8 Å². The number of benzene rings is 3. The van der Waals surface area contributed by atoms with Gasteiger partial charge in [0.05, 0.1) is 29.9 Å². The van der Waals surface area contributed by atoms with E-state index in [1.807, 2.05) is 0 Å². The highest BCUT2D eigenvalue weighted by molar-refractivity contribution is 5.93. The number of rotatable bonds is 21. The van der Waals surface area contributed by atoms with Crippen LogP contribution in [-0.4, -0.2) is 43.2 Å². The molecule has 0 aliphatic rings. The zero-order valence-electron chi connectivity index (χ0n) is 28.4. The molecule has 0 radical (unpaired) electrons. The molecule has 258 valence electrons. The first-order valence-electron chi connectivity index (χ1n) is 17.1. The first-order chi connectivity index (χ1) is 23.3. The maximum absolute atomic E-state index is 12.7. The van der Waals surface area contributed by atoms with Crippen LogP contribution in [0.2, 0.25) is 0 Å². The highest BCUT2D eigenvalue weighted by Crippen LogP contribution is 2.20. The van der Waals surface area contributed by atoms with Gasteiger partial charge >= 0.3 is 23.9 Å². The minimum atomic E-state index is -1.05. The molecule has 0 heterocycles. The van der Waals surface area contributed by atoms with E-state index in [1.54, 1.807) is 24.3 Å². The van der Waals surface area contributed by atoms with Gasteiger partial charge in [0, 0.05) is 0 Å². The van der Waals surface area contributed by atoms with E-state index in [0.717, 1.165) is 38.5 Å². The van der Waals surface area contributed by atoms with E-state index in [2.05, 4.69) is 13.8 Å². The molecule has 0 aliphatic heterocycles. The fourth-order valence-electron chi connectivity index (χ4n) is 4.68. The molecule has 9 heteroatoms. The third-order valence-electron chi connectivity index (χ3n) is 7.57. The van der Waals surface area contributed by atoms with Crippen LogP contribution in [0.25, 0.3) is 0 Å². The lowest BCUT2D eigenvalue weighted by Gasteiger charge is -2.13. The largest absolute Gasteiger partial charge is 0.494 e. The van der Waals surface area contributed by atoms with E-state index in [9.17, 15) is 19.2 Å². The molecule has 0 spiro atoms. The number of carbonyl (C=O) groups is 4. The average Bonchev–Trinajstić information content (AvgIpc) is 3.10. The quantitative estimate of drug-likeness (QED) is 0.0627. The summed E-state index contributed by atoms with van der Waals surface area (Å²) in [7, 11) is 0. The Morgan fingerprint density at radius 1 is 0.500 bits per heavy atom. The Labute approximate surface area is 283 Å². The lowest BCUT2D eigenvalue weighted by atomic mass is 10.1. The highest BCUT2D eigenvalue weighted by atomic mass is 16.6. The van der Waals surface area contributed by atoms with Gasteiger partial charge < -0.3 is 23.7 Å². The monoisotopic (exact) mass is 660 g/mol. The van der Waals surface area contributed by atoms with Gasteiger partial charge in [-0.2, -0.15) is 0 Å². The van der Waals surface area contributed by atoms with Crippen LogP contribution in [0.5, 0.6) is 17.2 Å². The summed E-state index contributed by atoms with van der Waals surface area (Å²) in [6.07, 6.45) is 11.3. The minimum absolute atomic E-state index is 0.189. The lowest BCUT2D eigenvalue weighted by molar-refractivity contribution is -0.153. The first-order valence-corrected chi connectivity index (χ1v) is 17.1. The zero-order chi connectivity index (χ0) is 34.6. The van der Waals surface area contributed by atoms with Crippen LogP contribution in [0.4, 0.5) is 0 Å². The first kappa shape index (κ1) is 37.8. The number of ether oxygens (including phenoxy) is 5. The highest BCUT2D eigenvalue weighted by Gasteiger charge is 2.20. The van der Waals surface area contributed by atoms with Gasteiger partial charge in [-0.3, -0.25) is 0 Å². The summed E-state index contributed by atoms with van der Waals surface area (Å²) >= 11 is 0. The summed E-state index contributed by atoms with van der Waals surface area (Å²) in [5.41, 5.74) is 0.804. The van der Waals surface area contributed by atoms with Crippen molar-refractivity contribution < 1.29 is 42.9 Å². The topological polar surface area (TPSA) is 114 Å². The second kappa shape index (κ2) is 21.3. The molecule has 0 amide bonds. The van der Waals surface area contributed by atoms with Gasteiger partial charge in [0.15, 0.2) is 6.10 Å². The molecule has 9 nitrogen and oxygen atoms in total. The number of hydrogen-bond donors (Lipinski definition) is 0. The van der Waals surface area contributed by atoms with Gasteiger partial charge in [-0.05, 0) is 92.6 Å². The molecular formula is C39H48O9. The van der Waals surface area contributed by atoms with Crippen molar-refractivity contribution in [3.05, 3.63) is 89.5 Å². The third-order valence-corrected chi connectivity index (χ3v) is 7.57. The third kappa shape index (κ3) is 13.6. The molecule has 1 atom stereocenters. The molecule has 0 N–H and O–H groups in total. The standard InChI is InChI=1S/C39H48O9/c1-4-6-8-10-11-12-14-27-44-33-21-15-31(16-22-33)38(42)47-35-25-19-32(20-26-35)39(43)48-34-23-17-30(18-24-34)37(41)46-29(3)36(40)45-28-13-9-7-5-2/h15-26,29H,4-14,27-28H2,1-3H3/t29-/m0/s1. The molecule has 0 fully saturated rings. The van der Waals surface area contributed by atoms with Crippen molar-refractivity contribution in [3.8, 4) is 17.2 Å². The lowest BCUT2D eigenvalue weighted by Crippen LogP contribution is -2.26. The van der Waals surface area contributed by atoms with Crippen molar-refractivity contribution in [2.24, 2.45) is 0 Å². The molecule has 3 aromatic rings. The van der Waals surface area contributed by atoms with Crippen molar-refractivity contribution in [2.45, 2.75) is 97.5 Å². The Hall–Kier alpha value is -4.66. The van der Waals surface area contributed by atoms with Crippen LogP contribution in [-0.2, 0) is 14.3 Å². The molecule has 3 aromatic carbocycles. The summed E-state index contributed by atoms with van der Waals surface area (Å²) in [6, 6.07) is 18.6. The Balaban J connectivity index is 1.40. The van der Waals surface area contributed by atoms with E-state index >= 15 is 0 Å². The van der Waals surface area contributed by atoms with E-state index in [1.165, 1.54) is 87.6 Å². The maximum Gasteiger partial charge on any atom is 0.347 e. The summed E-state index contributed by atoms with van der Waals surface area (Å²) in [6.45, 7) is 6.70.